The zero-order valence-corrected chi connectivity index (χ0v) is 18.6. The molecule has 0 aliphatic carbocycles. The van der Waals surface area contributed by atoms with Gasteiger partial charge in [0.2, 0.25) is 11.7 Å². The predicted octanol–water partition coefficient (Wildman–Crippen LogP) is 3.19. The van der Waals surface area contributed by atoms with E-state index in [-0.39, 0.29) is 41.4 Å². The summed E-state index contributed by atoms with van der Waals surface area (Å²) in [5.74, 6) is -0.609. The molecule has 3 heterocycles. The first-order valence-electron chi connectivity index (χ1n) is 11.1. The molecule has 1 amide bonds. The zero-order valence-electron chi connectivity index (χ0n) is 18.6. The third-order valence-electron chi connectivity index (χ3n) is 5.91. The van der Waals surface area contributed by atoms with Gasteiger partial charge in [0.1, 0.15) is 23.7 Å². The Morgan fingerprint density at radius 2 is 1.57 bits per heavy atom. The van der Waals surface area contributed by atoms with E-state index >= 15 is 0 Å². The number of benzene rings is 2. The highest BCUT2D eigenvalue weighted by molar-refractivity contribution is 5.76. The molecule has 10 heteroatoms. The molecule has 2 aromatic carbocycles. The van der Waals surface area contributed by atoms with E-state index in [9.17, 15) is 18.4 Å². The van der Waals surface area contributed by atoms with Gasteiger partial charge in [-0.1, -0.05) is 5.16 Å². The van der Waals surface area contributed by atoms with E-state index in [0.29, 0.717) is 31.7 Å². The molecule has 1 saturated heterocycles. The fourth-order valence-electron chi connectivity index (χ4n) is 3.98. The van der Waals surface area contributed by atoms with Crippen LogP contribution in [-0.4, -0.2) is 51.7 Å². The summed E-state index contributed by atoms with van der Waals surface area (Å²) in [6, 6.07) is 15.1. The van der Waals surface area contributed by atoms with Crippen LogP contribution < -0.4 is 10.5 Å². The molecule has 35 heavy (non-hydrogen) atoms. The second kappa shape index (κ2) is 9.49. The maximum Gasteiger partial charge on any atom is 0.263 e. The minimum absolute atomic E-state index is 0.0176. The molecule has 2 aromatic heterocycles. The predicted molar refractivity (Wildman–Crippen MR) is 125 cm³/mol. The first kappa shape index (κ1) is 22.5. The molecular weight excluding hydrogens is 456 g/mol. The zero-order chi connectivity index (χ0) is 24.4. The third kappa shape index (κ3) is 4.81. The van der Waals surface area contributed by atoms with Crippen molar-refractivity contribution in [2.75, 3.05) is 31.1 Å². The minimum Gasteiger partial charge on any atom is -0.368 e. The summed E-state index contributed by atoms with van der Waals surface area (Å²) < 4.78 is 32.9. The Balaban J connectivity index is 1.26. The lowest BCUT2D eigenvalue weighted by molar-refractivity contribution is -0.132. The molecule has 4 aromatic rings. The van der Waals surface area contributed by atoms with Crippen LogP contribution in [0.4, 0.5) is 14.5 Å². The molecule has 5 rings (SSSR count). The average molecular weight is 477 g/mol. The van der Waals surface area contributed by atoms with Crippen LogP contribution >= 0.6 is 0 Å². The molecule has 178 valence electrons. The Kier molecular flexibility index (Phi) is 6.09. The number of amides is 1. The molecular formula is C25H21F2N5O3. The summed E-state index contributed by atoms with van der Waals surface area (Å²) in [6.45, 7) is 2.09. The number of aromatic nitrogens is 3. The molecule has 0 unspecified atom stereocenters. The van der Waals surface area contributed by atoms with E-state index in [1.165, 1.54) is 47.2 Å². The van der Waals surface area contributed by atoms with Crippen LogP contribution in [-0.2, 0) is 11.3 Å². The lowest BCUT2D eigenvalue weighted by Crippen LogP contribution is -2.50. The summed E-state index contributed by atoms with van der Waals surface area (Å²) in [7, 11) is 0. The van der Waals surface area contributed by atoms with Crippen LogP contribution in [0.1, 0.15) is 0 Å². The van der Waals surface area contributed by atoms with E-state index in [1.807, 2.05) is 0 Å². The van der Waals surface area contributed by atoms with Gasteiger partial charge in [0.15, 0.2) is 0 Å². The van der Waals surface area contributed by atoms with Crippen LogP contribution in [0.2, 0.25) is 0 Å². The van der Waals surface area contributed by atoms with Gasteiger partial charge in [-0.25, -0.2) is 8.78 Å². The van der Waals surface area contributed by atoms with Crippen LogP contribution in [0.25, 0.3) is 22.8 Å². The fourth-order valence-corrected chi connectivity index (χ4v) is 3.98. The maximum absolute atomic E-state index is 13.2. The maximum atomic E-state index is 13.2. The van der Waals surface area contributed by atoms with E-state index in [0.717, 1.165) is 5.69 Å². The number of nitrogens with zero attached hydrogens (tertiary/aromatic N) is 5. The number of carbonyl (C=O) groups excluding carboxylic acids is 1. The van der Waals surface area contributed by atoms with Crippen molar-refractivity contribution in [3.63, 3.8) is 0 Å². The molecule has 0 saturated carbocycles. The first-order valence-corrected chi connectivity index (χ1v) is 11.1. The third-order valence-corrected chi connectivity index (χ3v) is 5.91. The molecule has 0 radical (unpaired) electrons. The van der Waals surface area contributed by atoms with Gasteiger partial charge in [-0.2, -0.15) is 4.98 Å². The van der Waals surface area contributed by atoms with Crippen molar-refractivity contribution >= 4 is 11.6 Å². The number of rotatable bonds is 5. The highest BCUT2D eigenvalue weighted by Crippen LogP contribution is 2.21. The SMILES string of the molecule is O=C(Cn1cccc(-c2nc(-c3ccc(F)cc3)no2)c1=O)N1CCN(c2ccc(F)cc2)CC1. The molecule has 0 atom stereocenters. The Hall–Kier alpha value is -4.34. The topological polar surface area (TPSA) is 84.5 Å². The van der Waals surface area contributed by atoms with Crippen molar-refractivity contribution in [3.8, 4) is 22.8 Å². The highest BCUT2D eigenvalue weighted by atomic mass is 19.1. The quantitative estimate of drug-likeness (QED) is 0.439. The standard InChI is InChI=1S/C25H21F2N5O3/c26-18-5-3-17(4-6-18)23-28-24(35-29-23)21-2-1-11-32(25(21)34)16-22(33)31-14-12-30(13-15-31)20-9-7-19(27)8-10-20/h1-11H,12-16H2. The number of halogens is 2. The lowest BCUT2D eigenvalue weighted by Gasteiger charge is -2.36. The van der Waals surface area contributed by atoms with Crippen molar-refractivity contribution in [1.82, 2.24) is 19.6 Å². The summed E-state index contributed by atoms with van der Waals surface area (Å²) in [6.07, 6.45) is 1.54. The molecule has 1 aliphatic heterocycles. The fraction of sp³-hybridized carbons (Fsp3) is 0.200. The van der Waals surface area contributed by atoms with E-state index < -0.39 is 5.56 Å². The largest absolute Gasteiger partial charge is 0.368 e. The number of pyridine rings is 1. The molecule has 8 nitrogen and oxygen atoms in total. The van der Waals surface area contributed by atoms with Gasteiger partial charge in [0.05, 0.1) is 0 Å². The minimum atomic E-state index is -0.430. The van der Waals surface area contributed by atoms with Gasteiger partial charge in [-0.3, -0.25) is 9.59 Å². The number of hydrogen-bond donors (Lipinski definition) is 0. The second-order valence-electron chi connectivity index (χ2n) is 8.13. The summed E-state index contributed by atoms with van der Waals surface area (Å²) in [4.78, 5) is 34.0. The number of piperazine rings is 1. The van der Waals surface area contributed by atoms with Crippen molar-refractivity contribution < 1.29 is 18.1 Å². The Labute approximate surface area is 199 Å². The van der Waals surface area contributed by atoms with Crippen LogP contribution in [0.3, 0.4) is 0 Å². The average Bonchev–Trinajstić information content (AvgIpc) is 3.36. The number of hydrogen-bond acceptors (Lipinski definition) is 6. The number of carbonyl (C=O) groups is 1. The molecule has 0 N–H and O–H groups in total. The van der Waals surface area contributed by atoms with Gasteiger partial charge in [-0.15, -0.1) is 0 Å². The second-order valence-corrected chi connectivity index (χ2v) is 8.13. The summed E-state index contributed by atoms with van der Waals surface area (Å²) in [5, 5.41) is 3.88. The van der Waals surface area contributed by atoms with Gasteiger partial charge >= 0.3 is 0 Å². The Morgan fingerprint density at radius 3 is 2.26 bits per heavy atom. The Morgan fingerprint density at radius 1 is 0.914 bits per heavy atom. The first-order chi connectivity index (χ1) is 17.0. The molecule has 1 fully saturated rings. The monoisotopic (exact) mass is 477 g/mol. The normalized spacial score (nSPS) is 13.8. The van der Waals surface area contributed by atoms with Crippen molar-refractivity contribution in [2.45, 2.75) is 6.54 Å². The summed E-state index contributed by atoms with van der Waals surface area (Å²) >= 11 is 0. The van der Waals surface area contributed by atoms with Gasteiger partial charge in [0, 0.05) is 43.6 Å². The molecule has 0 spiro atoms. The van der Waals surface area contributed by atoms with Crippen LogP contribution in [0, 0.1) is 11.6 Å². The van der Waals surface area contributed by atoms with E-state index in [4.69, 9.17) is 4.52 Å². The Bertz CT molecular complexity index is 1390. The smallest absolute Gasteiger partial charge is 0.263 e. The van der Waals surface area contributed by atoms with Gasteiger partial charge < -0.3 is 18.9 Å². The van der Waals surface area contributed by atoms with Gasteiger partial charge in [-0.05, 0) is 60.7 Å². The highest BCUT2D eigenvalue weighted by Gasteiger charge is 2.23. The number of anilines is 1. The van der Waals surface area contributed by atoms with Crippen molar-refractivity contribution in [1.29, 1.82) is 0 Å². The molecule has 1 aliphatic rings. The van der Waals surface area contributed by atoms with Crippen molar-refractivity contribution in [2.24, 2.45) is 0 Å². The van der Waals surface area contributed by atoms with Crippen LogP contribution in [0.15, 0.2) is 76.2 Å². The van der Waals surface area contributed by atoms with Crippen LogP contribution in [0.5, 0.6) is 0 Å². The van der Waals surface area contributed by atoms with Crippen molar-refractivity contribution in [3.05, 3.63) is 88.8 Å². The van der Waals surface area contributed by atoms with E-state index in [1.54, 1.807) is 29.2 Å². The van der Waals surface area contributed by atoms with Gasteiger partial charge in [0.25, 0.3) is 11.4 Å². The van der Waals surface area contributed by atoms with E-state index in [2.05, 4.69) is 15.0 Å². The summed E-state index contributed by atoms with van der Waals surface area (Å²) in [5.41, 5.74) is 1.19. The molecule has 0 bridgehead atoms. The lowest BCUT2D eigenvalue weighted by atomic mass is 10.2.